The molecule has 2 aliphatic carbocycles. The van der Waals surface area contributed by atoms with Gasteiger partial charge in [-0.15, -0.1) is 0 Å². The summed E-state index contributed by atoms with van der Waals surface area (Å²) in [4.78, 5) is 7.46. The Hall–Kier alpha value is -2.97. The Morgan fingerprint density at radius 3 is 1.15 bits per heavy atom. The topological polar surface area (TPSA) is 77.6 Å². The Bertz CT molecular complexity index is 2210. The molecule has 11 unspecified atom stereocenters. The molecule has 3 aromatic rings. The third-order valence-electron chi connectivity index (χ3n) is 21.0. The first-order chi connectivity index (χ1) is 43.4. The lowest BCUT2D eigenvalue weighted by Gasteiger charge is -2.29. The molecule has 5 aliphatic rings. The van der Waals surface area contributed by atoms with Crippen LogP contribution in [0.5, 0.6) is 0 Å². The van der Waals surface area contributed by atoms with E-state index >= 15 is 0 Å². The van der Waals surface area contributed by atoms with Gasteiger partial charge in [0.2, 0.25) is 0 Å². The van der Waals surface area contributed by atoms with Crippen molar-refractivity contribution in [3.05, 3.63) is 100 Å². The number of imidazole rings is 1. The third kappa shape index (κ3) is 38.4. The van der Waals surface area contributed by atoms with Crippen LogP contribution in [0.4, 0.5) is 0 Å². The number of rotatable bonds is 17. The number of hydrogen-bond donors (Lipinski definition) is 2. The van der Waals surface area contributed by atoms with E-state index in [1.54, 1.807) is 6.33 Å². The third-order valence-corrected chi connectivity index (χ3v) is 21.0. The number of aromatic nitrogens is 2. The lowest BCUT2D eigenvalue weighted by Crippen LogP contribution is -2.34. The maximum Gasteiger partial charge on any atom is 0.147 e. The van der Waals surface area contributed by atoms with Crippen LogP contribution in [0.25, 0.3) is 0 Å². The average molecular weight is 1430 g/mol. The van der Waals surface area contributed by atoms with E-state index in [4.69, 9.17) is 18.9 Å². The molecule has 0 radical (unpaired) electrons. The van der Waals surface area contributed by atoms with Crippen LogP contribution in [0.2, 0.25) is 0 Å². The highest BCUT2D eigenvalue weighted by molar-refractivity contribution is 5.38. The second-order valence-corrected chi connectivity index (χ2v) is 33.9. The molecule has 0 spiro atoms. The van der Waals surface area contributed by atoms with Gasteiger partial charge in [-0.1, -0.05) is 336 Å². The van der Waals surface area contributed by atoms with Gasteiger partial charge in [0.15, 0.2) is 0 Å². The Kier molecular flexibility index (Phi) is 65.6. The fourth-order valence-electron chi connectivity index (χ4n) is 15.8. The second kappa shape index (κ2) is 58.2. The van der Waals surface area contributed by atoms with Crippen LogP contribution < -0.4 is 5.32 Å². The molecular weight excluding hydrogens is 1240 g/mol. The molecule has 1 aromatic heterocycles. The van der Waals surface area contributed by atoms with E-state index in [1.807, 2.05) is 7.11 Å². The molecule has 0 amide bonds. The van der Waals surface area contributed by atoms with E-state index in [2.05, 4.69) is 299 Å². The van der Waals surface area contributed by atoms with Crippen LogP contribution in [-0.2, 0) is 18.9 Å². The Morgan fingerprint density at radius 1 is 0.406 bits per heavy atom. The van der Waals surface area contributed by atoms with Crippen molar-refractivity contribution in [2.24, 2.45) is 94.7 Å². The van der Waals surface area contributed by atoms with Gasteiger partial charge in [0.05, 0.1) is 36.4 Å². The largest absolute Gasteiger partial charge is 0.388 e. The van der Waals surface area contributed by atoms with Crippen molar-refractivity contribution in [3.8, 4) is 0 Å². The maximum absolute atomic E-state index is 5.69. The molecule has 2 saturated carbocycles. The zero-order valence-corrected chi connectivity index (χ0v) is 67.6. The molecule has 0 bridgehead atoms. The molecule has 2 saturated heterocycles. The smallest absolute Gasteiger partial charge is 0.147 e. The maximum atomic E-state index is 5.69. The summed E-state index contributed by atoms with van der Waals surface area (Å²) in [7, 11) is 1.86. The first-order valence-electron chi connectivity index (χ1n) is 38.4. The van der Waals surface area contributed by atoms with Gasteiger partial charge in [-0.25, -0.2) is 4.98 Å². The van der Waals surface area contributed by atoms with Crippen molar-refractivity contribution < 1.29 is 18.9 Å². The highest BCUT2D eigenvalue weighted by Gasteiger charge is 2.40. The van der Waals surface area contributed by atoms with Gasteiger partial charge in [-0.3, -0.25) is 0 Å². The van der Waals surface area contributed by atoms with Crippen molar-refractivity contribution in [1.29, 1.82) is 0 Å². The Morgan fingerprint density at radius 2 is 0.842 bits per heavy atom. The summed E-state index contributed by atoms with van der Waals surface area (Å²) < 4.78 is 22.2. The first-order valence-corrected chi connectivity index (χ1v) is 38.4. The number of aromatic amines is 1. The molecule has 3 aliphatic heterocycles. The van der Waals surface area contributed by atoms with Gasteiger partial charge in [-0.05, 0) is 197 Å². The van der Waals surface area contributed by atoms with Crippen LogP contribution in [0, 0.1) is 102 Å². The van der Waals surface area contributed by atoms with Gasteiger partial charge in [-0.2, -0.15) is 0 Å². The van der Waals surface area contributed by atoms with Crippen molar-refractivity contribution >= 4 is 0 Å². The van der Waals surface area contributed by atoms with Gasteiger partial charge in [0.1, 0.15) is 6.79 Å². The molecule has 101 heavy (non-hydrogen) atoms. The lowest BCUT2D eigenvalue weighted by atomic mass is 9.79. The summed E-state index contributed by atoms with van der Waals surface area (Å²) >= 11 is 0. The van der Waals surface area contributed by atoms with E-state index in [1.165, 1.54) is 77.7 Å². The number of ether oxygens (including phenoxy) is 4. The number of hydrogen-bond acceptors (Lipinski definition) is 6. The van der Waals surface area contributed by atoms with Crippen LogP contribution >= 0.6 is 0 Å². The number of nitrogens with zero attached hydrogens (tertiary/aromatic N) is 1. The van der Waals surface area contributed by atoms with Gasteiger partial charge in [0, 0.05) is 31.4 Å². The minimum Gasteiger partial charge on any atom is -0.388 e. The van der Waals surface area contributed by atoms with E-state index in [-0.39, 0.29) is 59.4 Å². The summed E-state index contributed by atoms with van der Waals surface area (Å²) in [6, 6.07) is 16.0. The lowest BCUT2D eigenvalue weighted by molar-refractivity contribution is 0.0273. The number of nitrogens with one attached hydrogen (secondary N) is 2. The van der Waals surface area contributed by atoms with Crippen molar-refractivity contribution in [1.82, 2.24) is 15.3 Å². The van der Waals surface area contributed by atoms with Crippen molar-refractivity contribution in [2.45, 2.75) is 392 Å². The SMILES string of the molecule is C.C.C.C.C.C.C.C.CC(C)C1C=CNC1C(C)C.CC(C)C1CCCC1C(C)C.CC(C)C1CCOC1C(C)C.CC(C)C1OCOC1C(C)C.CC(C)c1ccccc1C(C)C.CC(C)c1nc[nH]c1C(C)C.COC1CCC(C(C)C)C1C(C)C.Cc1cccc(C(C)C)c1C(C)C. The summed E-state index contributed by atoms with van der Waals surface area (Å²) in [5, 5.41) is 3.41. The molecule has 2 aromatic carbocycles. The van der Waals surface area contributed by atoms with Crippen LogP contribution in [0.3, 0.4) is 0 Å². The normalized spacial score (nSPS) is 22.3. The summed E-state index contributed by atoms with van der Waals surface area (Å²) in [5.74, 6) is 16.3. The Balaban J connectivity index is -0.000000161. The van der Waals surface area contributed by atoms with E-state index in [0.29, 0.717) is 90.5 Å². The molecule has 4 heterocycles. The predicted octanol–water partition coefficient (Wildman–Crippen LogP) is 30.1. The van der Waals surface area contributed by atoms with Gasteiger partial charge in [0.25, 0.3) is 0 Å². The fraction of sp³-hybridized carbons (Fsp3) is 0.819. The quantitative estimate of drug-likeness (QED) is 0.140. The van der Waals surface area contributed by atoms with Gasteiger partial charge >= 0.3 is 0 Å². The fourth-order valence-corrected chi connectivity index (χ4v) is 15.8. The molecule has 8 rings (SSSR count). The van der Waals surface area contributed by atoms with E-state index in [0.717, 1.165) is 83.5 Å². The zero-order chi connectivity index (χ0) is 71.3. The summed E-state index contributed by atoms with van der Waals surface area (Å²) in [6.07, 6.45) is 16.2. The monoisotopic (exact) mass is 1420 g/mol. The van der Waals surface area contributed by atoms with Crippen LogP contribution in [-0.4, -0.2) is 60.9 Å². The zero-order valence-electron chi connectivity index (χ0n) is 67.6. The highest BCUT2D eigenvalue weighted by Crippen LogP contribution is 2.43. The minimum absolute atomic E-state index is 0. The average Bonchev–Trinajstić information content (AvgIpc) is 1.54. The summed E-state index contributed by atoms with van der Waals surface area (Å²) in [5.41, 5.74) is 9.95. The van der Waals surface area contributed by atoms with Crippen molar-refractivity contribution in [3.63, 3.8) is 0 Å². The number of H-pyrrole nitrogens is 1. The number of aryl methyl sites for hydroxylation is 1. The highest BCUT2D eigenvalue weighted by atomic mass is 16.7. The second-order valence-electron chi connectivity index (χ2n) is 33.9. The van der Waals surface area contributed by atoms with Gasteiger partial charge < -0.3 is 29.2 Å². The van der Waals surface area contributed by atoms with Crippen LogP contribution in [0.1, 0.15) is 394 Å². The van der Waals surface area contributed by atoms with Crippen LogP contribution in [0.15, 0.2) is 61.1 Å². The first kappa shape index (κ1) is 114. The Labute approximate surface area is 638 Å². The number of benzene rings is 2. The molecular formula is C94H189N3O4. The number of methoxy groups -OCH3 is 1. The standard InChI is InChI=1S/C13H20.C12H24O.C12H18.C11H22.C10H19N.C10H20O.C9H16N2.C9H18O2.8CH4/c1-9(2)12-8-6-7-11(5)13(12)10(3)4;1-8(2)10-6-7-11(13-5)12(10)9(3)4;1-9(2)11-7-5-6-8-12(11)10(3)4;1-8(2)10-6-5-7-11(10)9(3)4;2*1-7(2)9-5-6-11-10(9)8(3)4;2*1-6(2)8-9(7(3)4)11-5-10-8;;;;;;;;/h6-10H,1-5H3;8-12H,6-7H2,1-5H3;5-10H,1-4H3;8-11H,5-7H2,1-4H3;5-11H,1-4H3;7-10H,5-6H2,1-4H3;5-7H,1-4H3,(H,10,11);6-9H,5H2,1-4H3;8*1H4. The molecule has 2 N–H and O–H groups in total. The molecule has 7 nitrogen and oxygen atoms in total. The predicted molar refractivity (Wildman–Crippen MR) is 463 cm³/mol. The molecule has 11 atom stereocenters. The molecule has 604 valence electrons. The van der Waals surface area contributed by atoms with E-state index in [9.17, 15) is 0 Å². The molecule has 4 fully saturated rings. The summed E-state index contributed by atoms with van der Waals surface area (Å²) in [6.45, 7) is 76.3. The van der Waals surface area contributed by atoms with E-state index < -0.39 is 0 Å². The minimum atomic E-state index is 0. The van der Waals surface area contributed by atoms with Crippen molar-refractivity contribution in [2.75, 3.05) is 20.5 Å². The molecule has 7 heteroatoms.